The quantitative estimate of drug-likeness (QED) is 0.0175. The fourth-order valence-corrected chi connectivity index (χ4v) is 5.71. The lowest BCUT2D eigenvalue weighted by Crippen LogP contribution is -2.60. The Kier molecular flexibility index (Phi) is 26.3. The summed E-state index contributed by atoms with van der Waals surface area (Å²) < 4.78 is 0. The van der Waals surface area contributed by atoms with Crippen LogP contribution in [0.3, 0.4) is 0 Å². The van der Waals surface area contributed by atoms with Crippen LogP contribution >= 0.6 is 0 Å². The van der Waals surface area contributed by atoms with Crippen molar-refractivity contribution in [2.75, 3.05) is 6.54 Å². The first-order chi connectivity index (χ1) is 31.0. The molecule has 28 heteroatoms. The Labute approximate surface area is 386 Å². The Balaban J connectivity index is 6.33. The highest BCUT2D eigenvalue weighted by Gasteiger charge is 2.35. The topological polar surface area (TPSA) is 476 Å². The van der Waals surface area contributed by atoms with Crippen LogP contribution in [-0.4, -0.2) is 153 Å². The molecule has 19 N–H and O–H groups in total. The van der Waals surface area contributed by atoms with Crippen molar-refractivity contribution in [2.24, 2.45) is 29.0 Å². The van der Waals surface area contributed by atoms with E-state index in [9.17, 15) is 72.9 Å². The van der Waals surface area contributed by atoms with E-state index in [2.05, 4.69) is 47.9 Å². The van der Waals surface area contributed by atoms with Crippen LogP contribution in [0.4, 0.5) is 0 Å². The Morgan fingerprint density at radius 1 is 0.522 bits per heavy atom. The Morgan fingerprint density at radius 2 is 0.925 bits per heavy atom. The van der Waals surface area contributed by atoms with Gasteiger partial charge in [-0.05, 0) is 51.9 Å². The number of carbonyl (C=O) groups excluding carboxylic acids is 9. The first-order valence-corrected chi connectivity index (χ1v) is 21.2. The predicted molar refractivity (Wildman–Crippen MR) is 234 cm³/mol. The molecule has 0 fully saturated rings. The standard InChI is InChI=1S/C39H67N13O15/c1-8-17(4)28(41)37(65)47-19(6)30(58)48-22(11-12-26(54)55)34(62)51-23(14-25(40)53)36(64)49-21(10-9-13-44-39(42)43)33(61)45-18(5)31(59)50-24(15-27(56)57)35(63)46-20(7)32(60)52-29(16(2)3)38(66)67/h16-24,28-29H,8-15,41H2,1-7H3,(H2,40,53)(H,45,61)(H,46,63)(H,47,65)(H,48,58)(H,49,64)(H,50,59)(H,51,62)(H,52,60)(H,54,55)(H,56,57)(H,66,67)(H4,42,43,44)/t17-,18-,19-,20-,21-,22-,23-,24-,28-,29-/m0/s1. The second-order valence-corrected chi connectivity index (χ2v) is 16.1. The average Bonchev–Trinajstić information content (AvgIpc) is 3.22. The molecule has 0 saturated carbocycles. The second-order valence-electron chi connectivity index (χ2n) is 16.1. The molecule has 0 aliphatic rings. The minimum atomic E-state index is -1.86. The van der Waals surface area contributed by atoms with Gasteiger partial charge >= 0.3 is 17.9 Å². The summed E-state index contributed by atoms with van der Waals surface area (Å²) in [6.45, 7) is 10.1. The third-order valence-electron chi connectivity index (χ3n) is 9.99. The van der Waals surface area contributed by atoms with Crippen LogP contribution in [0.2, 0.25) is 0 Å². The van der Waals surface area contributed by atoms with Crippen LogP contribution in [0.15, 0.2) is 0 Å². The van der Waals surface area contributed by atoms with E-state index in [4.69, 9.17) is 22.6 Å². The fraction of sp³-hybridized carbons (Fsp3) is 0.667. The maximum absolute atomic E-state index is 13.7. The number of primary amides is 1. The molecular formula is C39H67N13O15. The number of carbonyl (C=O) groups is 12. The van der Waals surface area contributed by atoms with Gasteiger partial charge in [-0.25, -0.2) is 4.79 Å². The maximum Gasteiger partial charge on any atom is 0.326 e. The summed E-state index contributed by atoms with van der Waals surface area (Å²) in [5.41, 5.74) is 16.6. The zero-order chi connectivity index (χ0) is 51.9. The molecule has 378 valence electrons. The van der Waals surface area contributed by atoms with E-state index in [0.717, 1.165) is 6.92 Å². The lowest BCUT2D eigenvalue weighted by atomic mass is 9.99. The largest absolute Gasteiger partial charge is 0.481 e. The average molecular weight is 958 g/mol. The van der Waals surface area contributed by atoms with Crippen LogP contribution in [0.25, 0.3) is 0 Å². The molecule has 0 rings (SSSR count). The summed E-state index contributed by atoms with van der Waals surface area (Å²) in [6.07, 6.45) is -2.78. The van der Waals surface area contributed by atoms with E-state index in [-0.39, 0.29) is 25.3 Å². The van der Waals surface area contributed by atoms with Gasteiger partial charge in [0.25, 0.3) is 0 Å². The summed E-state index contributed by atoms with van der Waals surface area (Å²) in [6, 6.07) is -13.5. The van der Waals surface area contributed by atoms with E-state index in [1.54, 1.807) is 13.8 Å². The van der Waals surface area contributed by atoms with Crippen LogP contribution in [0, 0.1) is 17.2 Å². The van der Waals surface area contributed by atoms with Gasteiger partial charge in [-0.3, -0.25) is 58.1 Å². The maximum atomic E-state index is 13.7. The Hall–Kier alpha value is -7.13. The van der Waals surface area contributed by atoms with Crippen molar-refractivity contribution in [3.05, 3.63) is 0 Å². The van der Waals surface area contributed by atoms with Gasteiger partial charge in [0, 0.05) is 13.0 Å². The first-order valence-electron chi connectivity index (χ1n) is 21.2. The Bertz CT molecular complexity index is 1830. The molecule has 0 aliphatic carbocycles. The SMILES string of the molecule is CC[C@H](C)[C@H](N)C(=O)N[C@@H](C)C(=O)N[C@@H](CCC(=O)O)C(=O)N[C@@H](CC(N)=O)C(=O)N[C@@H](CCCNC(=N)N)C(=O)N[C@@H](C)C(=O)N[C@@H](CC(=O)O)C(=O)N[C@@H](C)C(=O)N[C@H](C(=O)O)C(C)C. The van der Waals surface area contributed by atoms with E-state index >= 15 is 0 Å². The summed E-state index contributed by atoms with van der Waals surface area (Å²) in [5, 5.41) is 56.1. The highest BCUT2D eigenvalue weighted by molar-refractivity contribution is 5.99. The van der Waals surface area contributed by atoms with Gasteiger partial charge in [-0.1, -0.05) is 34.1 Å². The molecule has 0 saturated heterocycles. The minimum Gasteiger partial charge on any atom is -0.481 e. The van der Waals surface area contributed by atoms with Crippen molar-refractivity contribution < 1.29 is 72.9 Å². The van der Waals surface area contributed by atoms with Gasteiger partial charge < -0.3 is 80.4 Å². The number of carboxylic acids is 3. The second kappa shape index (κ2) is 29.4. The number of guanidine groups is 1. The summed E-state index contributed by atoms with van der Waals surface area (Å²) >= 11 is 0. The van der Waals surface area contributed by atoms with Gasteiger partial charge in [-0.15, -0.1) is 0 Å². The van der Waals surface area contributed by atoms with Crippen LogP contribution < -0.4 is 65.1 Å². The van der Waals surface area contributed by atoms with Crippen molar-refractivity contribution in [1.82, 2.24) is 47.9 Å². The van der Waals surface area contributed by atoms with E-state index in [1.165, 1.54) is 27.7 Å². The number of rotatable bonds is 31. The van der Waals surface area contributed by atoms with Crippen molar-refractivity contribution in [1.29, 1.82) is 5.41 Å². The minimum absolute atomic E-state index is 0.0165. The van der Waals surface area contributed by atoms with E-state index in [0.29, 0.717) is 6.42 Å². The molecule has 9 amide bonds. The van der Waals surface area contributed by atoms with Gasteiger partial charge in [-0.2, -0.15) is 0 Å². The monoisotopic (exact) mass is 957 g/mol. The number of hydrogen-bond acceptors (Lipinski definition) is 14. The molecule has 28 nitrogen and oxygen atoms in total. The summed E-state index contributed by atoms with van der Waals surface area (Å²) in [5.74, 6) is -14.9. The molecule has 0 unspecified atom stereocenters. The highest BCUT2D eigenvalue weighted by atomic mass is 16.4. The molecule has 0 aromatic rings. The van der Waals surface area contributed by atoms with Gasteiger partial charge in [0.2, 0.25) is 53.2 Å². The van der Waals surface area contributed by atoms with Crippen molar-refractivity contribution >= 4 is 77.0 Å². The number of carboxylic acid groups (broad SMARTS) is 3. The zero-order valence-corrected chi connectivity index (χ0v) is 38.5. The van der Waals surface area contributed by atoms with Crippen LogP contribution in [0.1, 0.15) is 93.4 Å². The van der Waals surface area contributed by atoms with E-state index < -0.39 is 163 Å². The van der Waals surface area contributed by atoms with Crippen LogP contribution in [-0.2, 0) is 57.5 Å². The van der Waals surface area contributed by atoms with Crippen molar-refractivity contribution in [3.63, 3.8) is 0 Å². The molecule has 0 radical (unpaired) electrons. The van der Waals surface area contributed by atoms with Gasteiger partial charge in [0.05, 0.1) is 18.9 Å². The van der Waals surface area contributed by atoms with Crippen molar-refractivity contribution in [3.8, 4) is 0 Å². The number of amides is 9. The number of aliphatic carboxylic acids is 3. The third kappa shape index (κ3) is 23.1. The zero-order valence-electron chi connectivity index (χ0n) is 38.5. The fourth-order valence-electron chi connectivity index (χ4n) is 5.71. The molecule has 0 heterocycles. The molecular weight excluding hydrogens is 891 g/mol. The van der Waals surface area contributed by atoms with E-state index in [1.807, 2.05) is 0 Å². The molecule has 10 atom stereocenters. The lowest BCUT2D eigenvalue weighted by Gasteiger charge is -2.27. The number of nitrogens with two attached hydrogens (primary N) is 3. The first kappa shape index (κ1) is 59.9. The molecule has 0 aromatic carbocycles. The summed E-state index contributed by atoms with van der Waals surface area (Å²) in [7, 11) is 0. The smallest absolute Gasteiger partial charge is 0.326 e. The third-order valence-corrected chi connectivity index (χ3v) is 9.99. The molecule has 0 aliphatic heterocycles. The van der Waals surface area contributed by atoms with Crippen molar-refractivity contribution in [2.45, 2.75) is 148 Å². The van der Waals surface area contributed by atoms with Crippen LogP contribution in [0.5, 0.6) is 0 Å². The molecule has 67 heavy (non-hydrogen) atoms. The normalized spacial score (nSPS) is 15.4. The molecule has 0 bridgehead atoms. The number of hydrogen-bond donors (Lipinski definition) is 16. The van der Waals surface area contributed by atoms with Gasteiger partial charge in [0.1, 0.15) is 48.3 Å². The molecule has 0 spiro atoms. The Morgan fingerprint density at radius 3 is 1.37 bits per heavy atom. The number of nitrogens with one attached hydrogen (secondary N) is 10. The lowest BCUT2D eigenvalue weighted by molar-refractivity contribution is -0.144. The van der Waals surface area contributed by atoms with Gasteiger partial charge in [0.15, 0.2) is 5.96 Å². The highest BCUT2D eigenvalue weighted by Crippen LogP contribution is 2.08. The predicted octanol–water partition coefficient (Wildman–Crippen LogP) is -5.48. The molecule has 0 aromatic heterocycles. The summed E-state index contributed by atoms with van der Waals surface area (Å²) in [4.78, 5) is 152.